The molecule has 2 N–H and O–H groups in total. The lowest BCUT2D eigenvalue weighted by atomic mass is 10.1. The van der Waals surface area contributed by atoms with Crippen LogP contribution in [0.25, 0.3) is 0 Å². The zero-order valence-electron chi connectivity index (χ0n) is 12.1. The number of carbonyl (C=O) groups excluding carboxylic acids is 1. The quantitative estimate of drug-likeness (QED) is 0.768. The summed E-state index contributed by atoms with van der Waals surface area (Å²) < 4.78 is 4.95. The van der Waals surface area contributed by atoms with Crippen molar-refractivity contribution in [3.63, 3.8) is 0 Å². The van der Waals surface area contributed by atoms with E-state index in [9.17, 15) is 4.79 Å². The molecule has 1 aliphatic rings. The van der Waals surface area contributed by atoms with E-state index in [0.29, 0.717) is 29.9 Å². The zero-order valence-corrected chi connectivity index (χ0v) is 12.1. The number of nitrogens with one attached hydrogen (secondary N) is 2. The zero-order chi connectivity index (χ0) is 14.4. The predicted octanol–water partition coefficient (Wildman–Crippen LogP) is 1.52. The largest absolute Gasteiger partial charge is 0.462 e. The fourth-order valence-electron chi connectivity index (χ4n) is 2.32. The van der Waals surface area contributed by atoms with Crippen LogP contribution in [0.3, 0.4) is 0 Å². The average molecular weight is 278 g/mol. The topological polar surface area (TPSA) is 76.1 Å². The number of rotatable bonds is 6. The van der Waals surface area contributed by atoms with E-state index in [1.807, 2.05) is 0 Å². The third-order valence-electron chi connectivity index (χ3n) is 3.41. The van der Waals surface area contributed by atoms with Crippen LogP contribution in [0.2, 0.25) is 0 Å². The van der Waals surface area contributed by atoms with Crippen LogP contribution in [0.4, 0.5) is 5.95 Å². The van der Waals surface area contributed by atoms with Crippen LogP contribution in [-0.4, -0.2) is 41.7 Å². The van der Waals surface area contributed by atoms with Gasteiger partial charge in [-0.2, -0.15) is 0 Å². The van der Waals surface area contributed by atoms with Crippen molar-refractivity contribution in [2.24, 2.45) is 0 Å². The molecule has 2 rings (SSSR count). The molecule has 2 heterocycles. The van der Waals surface area contributed by atoms with E-state index in [-0.39, 0.29) is 5.97 Å². The smallest absolute Gasteiger partial charge is 0.341 e. The monoisotopic (exact) mass is 278 g/mol. The Morgan fingerprint density at radius 1 is 1.60 bits per heavy atom. The molecule has 110 valence electrons. The highest BCUT2D eigenvalue weighted by Crippen LogP contribution is 2.11. The Bertz CT molecular complexity index is 458. The fourth-order valence-corrected chi connectivity index (χ4v) is 2.32. The first-order valence-electron chi connectivity index (χ1n) is 7.18. The molecule has 0 bridgehead atoms. The third kappa shape index (κ3) is 3.90. The average Bonchev–Trinajstić information content (AvgIpc) is 2.92. The van der Waals surface area contributed by atoms with Crippen molar-refractivity contribution in [3.05, 3.63) is 17.5 Å². The standard InChI is InChI=1S/C14H22N4O2/c1-3-20-13(19)12-9-17-14(18-10(12)2)16-8-6-11-5-4-7-15-11/h9,11,15H,3-8H2,1-2H3,(H,16,17,18)/t11-/m1/s1. The maximum absolute atomic E-state index is 11.6. The molecule has 0 aromatic carbocycles. The van der Waals surface area contributed by atoms with Crippen LogP contribution in [0.5, 0.6) is 0 Å². The molecule has 6 nitrogen and oxygen atoms in total. The lowest BCUT2D eigenvalue weighted by Crippen LogP contribution is -2.24. The van der Waals surface area contributed by atoms with Crippen molar-refractivity contribution < 1.29 is 9.53 Å². The minimum Gasteiger partial charge on any atom is -0.462 e. The van der Waals surface area contributed by atoms with Crippen LogP contribution in [0, 0.1) is 6.92 Å². The first-order valence-corrected chi connectivity index (χ1v) is 7.18. The van der Waals surface area contributed by atoms with E-state index < -0.39 is 0 Å². The highest BCUT2D eigenvalue weighted by Gasteiger charge is 2.14. The van der Waals surface area contributed by atoms with E-state index >= 15 is 0 Å². The second-order valence-corrected chi connectivity index (χ2v) is 4.92. The van der Waals surface area contributed by atoms with E-state index in [1.54, 1.807) is 13.8 Å². The Morgan fingerprint density at radius 3 is 3.10 bits per heavy atom. The number of hydrogen-bond acceptors (Lipinski definition) is 6. The molecule has 20 heavy (non-hydrogen) atoms. The molecule has 1 aliphatic heterocycles. The van der Waals surface area contributed by atoms with Crippen LogP contribution >= 0.6 is 0 Å². The Hall–Kier alpha value is -1.69. The van der Waals surface area contributed by atoms with Gasteiger partial charge >= 0.3 is 5.97 Å². The Labute approximate surface area is 119 Å². The number of esters is 1. The molecular weight excluding hydrogens is 256 g/mol. The molecule has 1 aromatic heterocycles. The van der Waals surface area contributed by atoms with Crippen LogP contribution < -0.4 is 10.6 Å². The summed E-state index contributed by atoms with van der Waals surface area (Å²) in [5, 5.41) is 6.65. The Kier molecular flexibility index (Phi) is 5.29. The molecule has 6 heteroatoms. The summed E-state index contributed by atoms with van der Waals surface area (Å²) in [6, 6.07) is 0.599. The number of carbonyl (C=O) groups is 1. The van der Waals surface area contributed by atoms with Gasteiger partial charge in [0.05, 0.1) is 17.9 Å². The molecule has 1 saturated heterocycles. The maximum Gasteiger partial charge on any atom is 0.341 e. The number of nitrogens with zero attached hydrogens (tertiary/aromatic N) is 2. The Balaban J connectivity index is 1.86. The number of anilines is 1. The van der Waals surface area contributed by atoms with Crippen LogP contribution in [0.15, 0.2) is 6.20 Å². The molecule has 0 aliphatic carbocycles. The highest BCUT2D eigenvalue weighted by molar-refractivity contribution is 5.90. The van der Waals surface area contributed by atoms with E-state index in [0.717, 1.165) is 19.5 Å². The molecule has 0 spiro atoms. The summed E-state index contributed by atoms with van der Waals surface area (Å²) >= 11 is 0. The summed E-state index contributed by atoms with van der Waals surface area (Å²) in [4.78, 5) is 20.1. The molecule has 1 aromatic rings. The molecule has 0 radical (unpaired) electrons. The van der Waals surface area contributed by atoms with E-state index in [2.05, 4.69) is 20.6 Å². The molecule has 1 fully saturated rings. The minimum absolute atomic E-state index is 0.354. The summed E-state index contributed by atoms with van der Waals surface area (Å²) in [5.74, 6) is 0.195. The van der Waals surface area contributed by atoms with Crippen molar-refractivity contribution in [2.45, 2.75) is 39.2 Å². The summed E-state index contributed by atoms with van der Waals surface area (Å²) in [6.07, 6.45) is 5.08. The number of hydrogen-bond donors (Lipinski definition) is 2. The number of aromatic nitrogens is 2. The summed E-state index contributed by atoms with van der Waals surface area (Å²) in [6.45, 7) is 5.87. The van der Waals surface area contributed by atoms with Gasteiger partial charge in [0.2, 0.25) is 5.95 Å². The van der Waals surface area contributed by atoms with Gasteiger partial charge in [0.1, 0.15) is 0 Å². The lowest BCUT2D eigenvalue weighted by Gasteiger charge is -2.11. The van der Waals surface area contributed by atoms with Gasteiger partial charge in [-0.05, 0) is 39.7 Å². The number of aryl methyl sites for hydroxylation is 1. The molecule has 0 unspecified atom stereocenters. The molecule has 1 atom stereocenters. The summed E-state index contributed by atoms with van der Waals surface area (Å²) in [7, 11) is 0. The minimum atomic E-state index is -0.369. The van der Waals surface area contributed by atoms with E-state index in [4.69, 9.17) is 4.74 Å². The highest BCUT2D eigenvalue weighted by atomic mass is 16.5. The van der Waals surface area contributed by atoms with Crippen LogP contribution in [0.1, 0.15) is 42.2 Å². The molecular formula is C14H22N4O2. The molecule has 0 saturated carbocycles. The first-order chi connectivity index (χ1) is 9.70. The maximum atomic E-state index is 11.6. The third-order valence-corrected chi connectivity index (χ3v) is 3.41. The van der Waals surface area contributed by atoms with Gasteiger partial charge in [0, 0.05) is 18.8 Å². The van der Waals surface area contributed by atoms with Gasteiger partial charge in [-0.1, -0.05) is 0 Å². The molecule has 0 amide bonds. The Morgan fingerprint density at radius 2 is 2.45 bits per heavy atom. The van der Waals surface area contributed by atoms with Crippen LogP contribution in [-0.2, 0) is 4.74 Å². The van der Waals surface area contributed by atoms with Crippen molar-refractivity contribution in [2.75, 3.05) is 25.0 Å². The lowest BCUT2D eigenvalue weighted by molar-refractivity contribution is 0.0524. The van der Waals surface area contributed by atoms with Gasteiger partial charge in [0.15, 0.2) is 0 Å². The predicted molar refractivity (Wildman–Crippen MR) is 76.9 cm³/mol. The summed E-state index contributed by atoms with van der Waals surface area (Å²) in [5.41, 5.74) is 1.06. The normalized spacial score (nSPS) is 18.0. The number of ether oxygens (including phenoxy) is 1. The second kappa shape index (κ2) is 7.19. The SMILES string of the molecule is CCOC(=O)c1cnc(NCC[C@H]2CCCN2)nc1C. The van der Waals surface area contributed by atoms with E-state index in [1.165, 1.54) is 19.0 Å². The van der Waals surface area contributed by atoms with Gasteiger partial charge in [-0.3, -0.25) is 0 Å². The van der Waals surface area contributed by atoms with Crippen molar-refractivity contribution in [1.29, 1.82) is 0 Å². The van der Waals surface area contributed by atoms with Gasteiger partial charge < -0.3 is 15.4 Å². The first kappa shape index (κ1) is 14.7. The van der Waals surface area contributed by atoms with Gasteiger partial charge in [-0.25, -0.2) is 14.8 Å². The van der Waals surface area contributed by atoms with Gasteiger partial charge in [-0.15, -0.1) is 0 Å². The fraction of sp³-hybridized carbons (Fsp3) is 0.643. The van der Waals surface area contributed by atoms with Crippen molar-refractivity contribution >= 4 is 11.9 Å². The van der Waals surface area contributed by atoms with Gasteiger partial charge in [0.25, 0.3) is 0 Å². The second-order valence-electron chi connectivity index (χ2n) is 4.92. The van der Waals surface area contributed by atoms with Crippen molar-refractivity contribution in [1.82, 2.24) is 15.3 Å². The van der Waals surface area contributed by atoms with Crippen molar-refractivity contribution in [3.8, 4) is 0 Å².